The number of aliphatic imine (C=N–C) groups is 2. The summed E-state index contributed by atoms with van der Waals surface area (Å²) in [6.07, 6.45) is 2.54. The van der Waals surface area contributed by atoms with Gasteiger partial charge < -0.3 is 87.6 Å². The van der Waals surface area contributed by atoms with E-state index in [-0.39, 0.29) is 118 Å². The first-order valence-corrected chi connectivity index (χ1v) is 32.0. The van der Waals surface area contributed by atoms with Crippen molar-refractivity contribution >= 4 is 76.9 Å². The van der Waals surface area contributed by atoms with E-state index in [1.54, 1.807) is 13.8 Å². The van der Waals surface area contributed by atoms with Crippen LogP contribution >= 0.6 is 0 Å². The van der Waals surface area contributed by atoms with Crippen molar-refractivity contribution in [1.82, 2.24) is 53.2 Å². The highest BCUT2D eigenvalue weighted by Crippen LogP contribution is 2.16. The van der Waals surface area contributed by atoms with Crippen LogP contribution in [0.15, 0.2) is 9.98 Å². The van der Waals surface area contributed by atoms with Crippen LogP contribution in [-0.4, -0.2) is 157 Å². The van der Waals surface area contributed by atoms with Gasteiger partial charge in [-0.25, -0.2) is 0 Å². The minimum atomic E-state index is -1.33. The van der Waals surface area contributed by atoms with Gasteiger partial charge in [-0.1, -0.05) is 96.9 Å². The molecule has 0 spiro atoms. The van der Waals surface area contributed by atoms with Gasteiger partial charge in [-0.15, -0.1) is 0 Å². The second-order valence-corrected chi connectivity index (χ2v) is 26.3. The molecule has 29 nitrogen and oxygen atoms in total. The van der Waals surface area contributed by atoms with Gasteiger partial charge in [0.2, 0.25) is 65.0 Å². The third-order valence-electron chi connectivity index (χ3n) is 14.1. The number of nitrogens with zero attached hydrogens (tertiary/aromatic N) is 2. The summed E-state index contributed by atoms with van der Waals surface area (Å²) < 4.78 is 0. The first kappa shape index (κ1) is 82.7. The Morgan fingerprint density at radius 2 is 0.556 bits per heavy atom. The highest BCUT2D eigenvalue weighted by Gasteiger charge is 2.37. The largest absolute Gasteiger partial charge is 0.370 e. The molecule has 0 fully saturated rings. The topological polar surface area (TPSA) is 489 Å². The molecule has 29 heteroatoms. The van der Waals surface area contributed by atoms with Crippen LogP contribution in [0.5, 0.6) is 0 Å². The van der Waals surface area contributed by atoms with Crippen molar-refractivity contribution in [3.63, 3.8) is 0 Å². The first-order chi connectivity index (χ1) is 41.9. The summed E-state index contributed by atoms with van der Waals surface area (Å²) in [7, 11) is 0. The maximum atomic E-state index is 14.6. The van der Waals surface area contributed by atoms with Gasteiger partial charge in [-0.3, -0.25) is 62.7 Å². The number of guanidine groups is 2. The van der Waals surface area contributed by atoms with E-state index in [0.29, 0.717) is 32.2 Å². The minimum absolute atomic E-state index is 0.0385. The minimum Gasteiger partial charge on any atom is -0.370 e. The molecule has 0 aromatic carbocycles. The molecule has 0 aliphatic rings. The lowest BCUT2D eigenvalue weighted by molar-refractivity contribution is -0.137. The average Bonchev–Trinajstić information content (AvgIpc) is 1.21. The van der Waals surface area contributed by atoms with E-state index < -0.39 is 131 Å². The summed E-state index contributed by atoms with van der Waals surface area (Å²) in [6.45, 7) is 27.5. The lowest BCUT2D eigenvalue weighted by Gasteiger charge is -2.30. The van der Waals surface area contributed by atoms with Crippen molar-refractivity contribution in [3.05, 3.63) is 0 Å². The van der Waals surface area contributed by atoms with Crippen LogP contribution in [0.3, 0.4) is 0 Å². The third kappa shape index (κ3) is 35.8. The normalized spacial score (nSPS) is 14.8. The molecule has 0 aromatic heterocycles. The summed E-state index contributed by atoms with van der Waals surface area (Å²) >= 11 is 0. The van der Waals surface area contributed by atoms with Crippen molar-refractivity contribution in [2.45, 2.75) is 248 Å². The van der Waals surface area contributed by atoms with Crippen molar-refractivity contribution < 1.29 is 52.7 Å². The smallest absolute Gasteiger partial charge is 0.243 e. The molecule has 0 saturated carbocycles. The standard InChI is InChI=1S/C61H116N18O11/c1-32(2)26-43(70-39(15)80)53(84)74-45(28-34(5)6)55(86)76-47(30-36(9)10)57(88)78-48(31-37(11)12)58(89)77-46(29-35(7)8)56(87)75-44(27-33(3)4)54(85)72-42(22-19-25-69-61(66)67)52(83)79-49(38(13)14)59(90)73-41(20-16-17-23-62)51(82)71-40(50(63)81)21-18-24-68-60(64)65/h32-38,40-49H,16-31,62H2,1-15H3,(H2,63,81)(H,70,80)(H,71,82)(H,72,85)(H,73,90)(H,74,84)(H,75,87)(H,76,86)(H,77,89)(H,78,88)(H,79,83)(H4,64,65,68)(H4,66,67,69)/t40-,41-,42-,43-,44-,45-,46-,47-,48-,49-/m0/s1. The molecule has 10 atom stereocenters. The zero-order chi connectivity index (χ0) is 69.1. The molecule has 90 heavy (non-hydrogen) atoms. The first-order valence-electron chi connectivity index (χ1n) is 32.0. The SMILES string of the molecule is CC(=O)N[C@@H](CC(C)C)C(=O)N[C@@H](CC(C)C)C(=O)N[C@@H](CC(C)C)C(=O)N[C@@H](CC(C)C)C(=O)N[C@@H](CC(C)C)C(=O)N[C@@H](CC(C)C)C(=O)N[C@@H](CCCN=C(N)N)C(=O)N[C@H](C(=O)N[C@@H](CCCCN)C(=O)N[C@@H](CCCN=C(N)N)C(N)=O)C(C)C. The Morgan fingerprint density at radius 3 is 0.822 bits per heavy atom. The summed E-state index contributed by atoms with van der Waals surface area (Å²) in [5, 5.41) is 27.6. The highest BCUT2D eigenvalue weighted by atomic mass is 16.2. The molecular formula is C61H116N18O11. The number of rotatable bonds is 45. The number of nitrogens with one attached hydrogen (secondary N) is 10. The van der Waals surface area contributed by atoms with Crippen molar-refractivity contribution in [1.29, 1.82) is 0 Å². The summed E-state index contributed by atoms with van der Waals surface area (Å²) in [6, 6.07) is -11.8. The van der Waals surface area contributed by atoms with Crippen LogP contribution < -0.4 is 87.6 Å². The van der Waals surface area contributed by atoms with Crippen molar-refractivity contribution in [2.75, 3.05) is 19.6 Å². The van der Waals surface area contributed by atoms with Crippen LogP contribution in [0.25, 0.3) is 0 Å². The molecule has 516 valence electrons. The molecule has 0 aliphatic carbocycles. The van der Waals surface area contributed by atoms with E-state index in [9.17, 15) is 52.7 Å². The number of amides is 11. The highest BCUT2D eigenvalue weighted by molar-refractivity contribution is 5.99. The zero-order valence-electron chi connectivity index (χ0n) is 56.5. The van der Waals surface area contributed by atoms with Gasteiger partial charge in [-0.05, 0) is 131 Å². The lowest BCUT2D eigenvalue weighted by atomic mass is 9.97. The van der Waals surface area contributed by atoms with E-state index >= 15 is 0 Å². The molecule has 0 rings (SSSR count). The van der Waals surface area contributed by atoms with E-state index in [1.165, 1.54) is 6.92 Å². The van der Waals surface area contributed by atoms with E-state index in [4.69, 9.17) is 34.4 Å². The molecule has 0 bridgehead atoms. The fraction of sp³-hybridized carbons (Fsp3) is 0.787. The summed E-state index contributed by atoms with van der Waals surface area (Å²) in [4.78, 5) is 160. The van der Waals surface area contributed by atoms with Crippen molar-refractivity contribution in [2.24, 2.45) is 85.8 Å². The molecule has 11 amide bonds. The maximum absolute atomic E-state index is 14.6. The van der Waals surface area contributed by atoms with E-state index in [1.807, 2.05) is 83.1 Å². The number of hydrogen-bond acceptors (Lipinski definition) is 14. The lowest BCUT2D eigenvalue weighted by Crippen LogP contribution is -2.61. The zero-order valence-corrected chi connectivity index (χ0v) is 56.5. The number of carbonyl (C=O) groups excluding carboxylic acids is 11. The van der Waals surface area contributed by atoms with Crippen LogP contribution in [0, 0.1) is 41.4 Å². The quantitative estimate of drug-likeness (QED) is 0.0208. The Hall–Kier alpha value is -7.33. The predicted molar refractivity (Wildman–Crippen MR) is 348 cm³/mol. The van der Waals surface area contributed by atoms with E-state index in [0.717, 1.165) is 0 Å². The van der Waals surface area contributed by atoms with Gasteiger partial charge in [0.05, 0.1) is 0 Å². The maximum Gasteiger partial charge on any atom is 0.243 e. The fourth-order valence-corrected chi connectivity index (χ4v) is 9.74. The molecule has 0 radical (unpaired) electrons. The second-order valence-electron chi connectivity index (χ2n) is 26.3. The average molecular weight is 1280 g/mol. The molecule has 0 unspecified atom stereocenters. The second kappa shape index (κ2) is 43.4. The Labute approximate surface area is 534 Å². The Morgan fingerprint density at radius 1 is 0.311 bits per heavy atom. The molecular weight excluding hydrogens is 1160 g/mol. The molecule has 0 heterocycles. The van der Waals surface area contributed by atoms with Crippen LogP contribution in [0.4, 0.5) is 0 Å². The van der Waals surface area contributed by atoms with Gasteiger partial charge in [0.1, 0.15) is 60.4 Å². The van der Waals surface area contributed by atoms with Gasteiger partial charge >= 0.3 is 0 Å². The summed E-state index contributed by atoms with van der Waals surface area (Å²) in [5.41, 5.74) is 33.3. The van der Waals surface area contributed by atoms with Crippen molar-refractivity contribution in [3.8, 4) is 0 Å². The van der Waals surface area contributed by atoms with E-state index in [2.05, 4.69) is 63.2 Å². The summed E-state index contributed by atoms with van der Waals surface area (Å²) in [5.74, 6) is -9.13. The molecule has 0 aliphatic heterocycles. The fourth-order valence-electron chi connectivity index (χ4n) is 9.74. The van der Waals surface area contributed by atoms with Gasteiger partial charge in [0, 0.05) is 20.0 Å². The Kier molecular flexibility index (Phi) is 39.9. The Balaban J connectivity index is 7.01. The van der Waals surface area contributed by atoms with Crippen LogP contribution in [0.2, 0.25) is 0 Å². The molecule has 22 N–H and O–H groups in total. The van der Waals surface area contributed by atoms with Gasteiger partial charge in [0.25, 0.3) is 0 Å². The van der Waals surface area contributed by atoms with Crippen LogP contribution in [0.1, 0.15) is 187 Å². The monoisotopic (exact) mass is 1280 g/mol. The van der Waals surface area contributed by atoms with Crippen LogP contribution in [-0.2, 0) is 52.7 Å². The number of nitrogens with two attached hydrogens (primary N) is 6. The third-order valence-corrected chi connectivity index (χ3v) is 14.1. The molecule has 0 aromatic rings. The number of hydrogen-bond donors (Lipinski definition) is 16. The predicted octanol–water partition coefficient (Wildman–Crippen LogP) is -0.492. The number of unbranched alkanes of at least 4 members (excludes halogenated alkanes) is 1. The number of primary amides is 1. The molecule has 0 saturated heterocycles. The Bertz CT molecular complexity index is 2360. The van der Waals surface area contributed by atoms with Gasteiger partial charge in [0.15, 0.2) is 11.9 Å². The van der Waals surface area contributed by atoms with Gasteiger partial charge in [-0.2, -0.15) is 0 Å². The number of carbonyl (C=O) groups is 11.